The van der Waals surface area contributed by atoms with Crippen molar-refractivity contribution in [2.45, 2.75) is 25.8 Å². The molecule has 0 bridgehead atoms. The zero-order valence-electron chi connectivity index (χ0n) is 13.6. The minimum absolute atomic E-state index is 0.0186. The van der Waals surface area contributed by atoms with Gasteiger partial charge in [-0.2, -0.15) is 10.1 Å². The second kappa shape index (κ2) is 5.91. The van der Waals surface area contributed by atoms with Crippen molar-refractivity contribution < 1.29 is 9.53 Å². The Bertz CT molecular complexity index is 721. The van der Waals surface area contributed by atoms with Crippen LogP contribution in [0.3, 0.4) is 0 Å². The topological polar surface area (TPSA) is 86.3 Å². The average molecular weight is 315 g/mol. The first-order chi connectivity index (χ1) is 11.0. The van der Waals surface area contributed by atoms with Gasteiger partial charge in [0.05, 0.1) is 13.2 Å². The van der Waals surface area contributed by atoms with Gasteiger partial charge in [0.2, 0.25) is 5.95 Å². The van der Waals surface area contributed by atoms with Crippen molar-refractivity contribution in [1.29, 1.82) is 0 Å². The molecular formula is C16H21N5O2. The lowest BCUT2D eigenvalue weighted by atomic mass is 10.1. The fourth-order valence-corrected chi connectivity index (χ4v) is 3.06. The Morgan fingerprint density at radius 3 is 2.87 bits per heavy atom. The third-order valence-electron chi connectivity index (χ3n) is 4.36. The number of nitrogen functional groups attached to an aromatic ring is 1. The average Bonchev–Trinajstić information content (AvgIpc) is 3.14. The number of benzene rings is 1. The molecule has 23 heavy (non-hydrogen) atoms. The van der Waals surface area contributed by atoms with E-state index in [1.165, 1.54) is 4.68 Å². The highest BCUT2D eigenvalue weighted by molar-refractivity contribution is 5.96. The molecule has 7 nitrogen and oxygen atoms in total. The number of likely N-dealkylation sites (tertiary alicyclic amines) is 1. The Morgan fingerprint density at radius 1 is 1.43 bits per heavy atom. The lowest BCUT2D eigenvalue weighted by molar-refractivity contribution is 0.0728. The molecule has 1 fully saturated rings. The highest BCUT2D eigenvalue weighted by atomic mass is 16.5. The molecule has 0 aliphatic carbocycles. The molecule has 1 aliphatic heterocycles. The molecule has 1 aliphatic rings. The van der Waals surface area contributed by atoms with E-state index >= 15 is 0 Å². The van der Waals surface area contributed by atoms with E-state index in [1.54, 1.807) is 14.2 Å². The predicted octanol–water partition coefficient (Wildman–Crippen LogP) is 1.69. The van der Waals surface area contributed by atoms with Crippen molar-refractivity contribution in [2.75, 3.05) is 19.4 Å². The van der Waals surface area contributed by atoms with Crippen LogP contribution in [0.4, 0.5) is 5.95 Å². The summed E-state index contributed by atoms with van der Waals surface area (Å²) in [6, 6.07) is 5.39. The Kier molecular flexibility index (Phi) is 3.94. The lowest BCUT2D eigenvalue weighted by Crippen LogP contribution is -2.31. The quantitative estimate of drug-likeness (QED) is 0.931. The number of carbonyl (C=O) groups excluding carboxylic acids is 1. The Labute approximate surface area is 135 Å². The zero-order valence-corrected chi connectivity index (χ0v) is 13.6. The fourth-order valence-electron chi connectivity index (χ4n) is 3.06. The van der Waals surface area contributed by atoms with Crippen molar-refractivity contribution in [1.82, 2.24) is 19.7 Å². The van der Waals surface area contributed by atoms with Crippen LogP contribution in [0.1, 0.15) is 40.6 Å². The van der Waals surface area contributed by atoms with Crippen molar-refractivity contribution in [3.05, 3.63) is 35.2 Å². The summed E-state index contributed by atoms with van der Waals surface area (Å²) in [6.45, 7) is 2.59. The van der Waals surface area contributed by atoms with E-state index in [4.69, 9.17) is 10.5 Å². The number of nitrogens with zero attached hydrogens (tertiary/aromatic N) is 4. The van der Waals surface area contributed by atoms with Crippen LogP contribution >= 0.6 is 0 Å². The van der Waals surface area contributed by atoms with Gasteiger partial charge in [0, 0.05) is 24.7 Å². The molecule has 2 aromatic rings. The second-order valence-corrected chi connectivity index (χ2v) is 5.74. The monoisotopic (exact) mass is 315 g/mol. The van der Waals surface area contributed by atoms with Gasteiger partial charge in [0.15, 0.2) is 5.82 Å². The summed E-state index contributed by atoms with van der Waals surface area (Å²) >= 11 is 0. The third-order valence-corrected chi connectivity index (χ3v) is 4.36. The number of methoxy groups -OCH3 is 1. The van der Waals surface area contributed by atoms with Gasteiger partial charge in [-0.15, -0.1) is 0 Å². The molecule has 2 heterocycles. The molecule has 1 saturated heterocycles. The molecule has 7 heteroatoms. The SMILES string of the molecule is COc1cccc(C(=O)N2CCCC2c2nc(N)n(C)n2)c1C. The molecule has 2 N–H and O–H groups in total. The summed E-state index contributed by atoms with van der Waals surface area (Å²) in [5.41, 5.74) is 7.27. The number of nitrogens with two attached hydrogens (primary N) is 1. The maximum absolute atomic E-state index is 13.0. The minimum atomic E-state index is -0.128. The number of rotatable bonds is 3. The summed E-state index contributed by atoms with van der Waals surface area (Å²) in [6.07, 6.45) is 1.77. The summed E-state index contributed by atoms with van der Waals surface area (Å²) in [5, 5.41) is 4.34. The largest absolute Gasteiger partial charge is 0.496 e. The van der Waals surface area contributed by atoms with E-state index in [0.29, 0.717) is 29.6 Å². The molecule has 1 aromatic carbocycles. The van der Waals surface area contributed by atoms with Crippen molar-refractivity contribution in [2.24, 2.45) is 7.05 Å². The van der Waals surface area contributed by atoms with Crippen LogP contribution in [0.2, 0.25) is 0 Å². The van der Waals surface area contributed by atoms with Crippen molar-refractivity contribution in [3.8, 4) is 5.75 Å². The molecule has 0 saturated carbocycles. The van der Waals surface area contributed by atoms with Crippen LogP contribution in [0.5, 0.6) is 5.75 Å². The predicted molar refractivity (Wildman–Crippen MR) is 86.2 cm³/mol. The molecule has 1 amide bonds. The van der Waals surface area contributed by atoms with E-state index in [2.05, 4.69) is 10.1 Å². The van der Waals surface area contributed by atoms with Gasteiger partial charge in [0.25, 0.3) is 5.91 Å². The molecule has 1 atom stereocenters. The molecule has 3 rings (SSSR count). The van der Waals surface area contributed by atoms with Gasteiger partial charge >= 0.3 is 0 Å². The van der Waals surface area contributed by atoms with E-state index in [0.717, 1.165) is 18.4 Å². The third kappa shape index (κ3) is 2.62. The smallest absolute Gasteiger partial charge is 0.254 e. The number of hydrogen-bond donors (Lipinski definition) is 1. The number of anilines is 1. The van der Waals surface area contributed by atoms with Crippen LogP contribution in [0.25, 0.3) is 0 Å². The van der Waals surface area contributed by atoms with E-state index in [9.17, 15) is 4.79 Å². The maximum atomic E-state index is 13.0. The van der Waals surface area contributed by atoms with Gasteiger partial charge in [-0.05, 0) is 31.9 Å². The Hall–Kier alpha value is -2.57. The summed E-state index contributed by atoms with van der Waals surface area (Å²) in [7, 11) is 3.36. The minimum Gasteiger partial charge on any atom is -0.496 e. The van der Waals surface area contributed by atoms with Crippen LogP contribution in [0, 0.1) is 6.92 Å². The van der Waals surface area contributed by atoms with Gasteiger partial charge in [-0.1, -0.05) is 6.07 Å². The highest BCUT2D eigenvalue weighted by Gasteiger charge is 2.34. The van der Waals surface area contributed by atoms with Crippen LogP contribution < -0.4 is 10.5 Å². The molecule has 0 radical (unpaired) electrons. The normalized spacial score (nSPS) is 17.5. The molecule has 1 unspecified atom stereocenters. The van der Waals surface area contributed by atoms with Crippen molar-refractivity contribution >= 4 is 11.9 Å². The van der Waals surface area contributed by atoms with E-state index in [1.807, 2.05) is 30.0 Å². The van der Waals surface area contributed by atoms with E-state index < -0.39 is 0 Å². The summed E-state index contributed by atoms with van der Waals surface area (Å²) < 4.78 is 6.85. The van der Waals surface area contributed by atoms with E-state index in [-0.39, 0.29) is 11.9 Å². The summed E-state index contributed by atoms with van der Waals surface area (Å²) in [4.78, 5) is 19.1. The zero-order chi connectivity index (χ0) is 16.6. The number of amides is 1. The van der Waals surface area contributed by atoms with Gasteiger partial charge in [0.1, 0.15) is 5.75 Å². The standard InChI is InChI=1S/C16H21N5O2/c1-10-11(6-4-8-13(10)23-3)15(22)21-9-5-7-12(21)14-18-16(17)20(2)19-14/h4,6,8,12H,5,7,9H2,1-3H3,(H2,17,18,19). The highest BCUT2D eigenvalue weighted by Crippen LogP contribution is 2.33. The van der Waals surface area contributed by atoms with Gasteiger partial charge in [-0.3, -0.25) is 4.79 Å². The van der Waals surface area contributed by atoms with Crippen LogP contribution in [-0.2, 0) is 7.05 Å². The first kappa shape index (κ1) is 15.3. The Balaban J connectivity index is 1.92. The second-order valence-electron chi connectivity index (χ2n) is 5.74. The lowest BCUT2D eigenvalue weighted by Gasteiger charge is -2.23. The maximum Gasteiger partial charge on any atom is 0.254 e. The van der Waals surface area contributed by atoms with Crippen molar-refractivity contribution in [3.63, 3.8) is 0 Å². The summed E-state index contributed by atoms with van der Waals surface area (Å²) in [5.74, 6) is 1.66. The van der Waals surface area contributed by atoms with Crippen LogP contribution in [-0.4, -0.2) is 39.2 Å². The number of hydrogen-bond acceptors (Lipinski definition) is 5. The number of aryl methyl sites for hydroxylation is 1. The fraction of sp³-hybridized carbons (Fsp3) is 0.438. The molecule has 0 spiro atoms. The Morgan fingerprint density at radius 2 is 2.22 bits per heavy atom. The first-order valence-corrected chi connectivity index (χ1v) is 7.64. The number of carbonyl (C=O) groups is 1. The van der Waals surface area contributed by atoms with Gasteiger partial charge in [-0.25, -0.2) is 4.68 Å². The molecule has 122 valence electrons. The first-order valence-electron chi connectivity index (χ1n) is 7.64. The molecular weight excluding hydrogens is 294 g/mol. The number of aromatic nitrogens is 3. The van der Waals surface area contributed by atoms with Gasteiger partial charge < -0.3 is 15.4 Å². The number of ether oxygens (including phenoxy) is 1. The van der Waals surface area contributed by atoms with Crippen LogP contribution in [0.15, 0.2) is 18.2 Å². The molecule has 1 aromatic heterocycles.